The van der Waals surface area contributed by atoms with Gasteiger partial charge in [-0.3, -0.25) is 19.2 Å². The summed E-state index contributed by atoms with van der Waals surface area (Å²) in [4.78, 5) is 83.1. The van der Waals surface area contributed by atoms with Crippen molar-refractivity contribution in [2.24, 2.45) is 11.7 Å². The summed E-state index contributed by atoms with van der Waals surface area (Å²) >= 11 is 1.19. The second kappa shape index (κ2) is 18.4. The summed E-state index contributed by atoms with van der Waals surface area (Å²) in [6.45, 7) is 5.54. The van der Waals surface area contributed by atoms with Gasteiger partial charge in [-0.15, -0.1) is 11.8 Å². The predicted octanol–water partition coefficient (Wildman–Crippen LogP) is 4.41. The van der Waals surface area contributed by atoms with Gasteiger partial charge in [0.05, 0.1) is 46.1 Å². The summed E-state index contributed by atoms with van der Waals surface area (Å²) in [7, 11) is 1.15. The topological polar surface area (TPSA) is 227 Å². The summed E-state index contributed by atoms with van der Waals surface area (Å²) in [5.41, 5.74) is 9.36. The molecule has 16 nitrogen and oxygen atoms in total. The number of unbranched alkanes of at least 4 members (excludes halogenated alkanes) is 1. The number of aromatic hydroxyl groups is 1. The molecule has 2 aromatic carbocycles. The van der Waals surface area contributed by atoms with Crippen molar-refractivity contribution in [3.05, 3.63) is 86.7 Å². The maximum atomic E-state index is 14.0. The Labute approximate surface area is 344 Å². The highest BCUT2D eigenvalue weighted by molar-refractivity contribution is 8.00. The Hall–Kier alpha value is -5.78. The van der Waals surface area contributed by atoms with Gasteiger partial charge >= 0.3 is 17.9 Å². The Balaban J connectivity index is 1.13. The van der Waals surface area contributed by atoms with Gasteiger partial charge in [-0.2, -0.15) is 0 Å². The van der Waals surface area contributed by atoms with Crippen molar-refractivity contribution in [2.75, 3.05) is 30.5 Å². The van der Waals surface area contributed by atoms with Gasteiger partial charge in [0.15, 0.2) is 0 Å². The standard InChI is InChI=1S/C42H47N5O11S/c1-5-27-28-16-26(48)13-14-32(28)46-37-29(27)18-47-34(37)17-31-30(39(47)52)20-56-40(53)42(31,55-4)58-41(54)57-19-24-9-11-25(12-10-24)44-38(51)33(8-6-7-15-43)45-36(50)22-59-21-35(49)23(2)3/h9-14,16-17,23,33,48H,5-8,15,18-22,43H2,1-4H3,(H,44,51)(H,45,50)/t33-,42-/m0/s1. The first-order valence-electron chi connectivity index (χ1n) is 19.3. The molecule has 4 aromatic rings. The quantitative estimate of drug-likeness (QED) is 0.0579. The lowest BCUT2D eigenvalue weighted by Crippen LogP contribution is -2.49. The number of carbonyl (C=O) groups excluding carboxylic acids is 5. The maximum Gasteiger partial charge on any atom is 0.511 e. The zero-order valence-electron chi connectivity index (χ0n) is 33.3. The van der Waals surface area contributed by atoms with Crippen molar-refractivity contribution < 1.29 is 48.0 Å². The highest BCUT2D eigenvalue weighted by Gasteiger charge is 2.53. The molecule has 312 valence electrons. The van der Waals surface area contributed by atoms with Crippen molar-refractivity contribution in [2.45, 2.75) is 78.0 Å². The number of esters is 1. The number of methoxy groups -OCH3 is 1. The molecule has 2 aliphatic heterocycles. The van der Waals surface area contributed by atoms with Gasteiger partial charge in [0, 0.05) is 29.7 Å². The number of nitrogens with one attached hydrogen (secondary N) is 2. The first kappa shape index (κ1) is 42.8. The molecule has 0 aliphatic carbocycles. The molecule has 2 atom stereocenters. The average molecular weight is 830 g/mol. The number of phenols is 1. The van der Waals surface area contributed by atoms with Crippen molar-refractivity contribution >= 4 is 58.1 Å². The van der Waals surface area contributed by atoms with Gasteiger partial charge in [-0.1, -0.05) is 32.9 Å². The number of aryl methyl sites for hydroxylation is 1. The van der Waals surface area contributed by atoms with Crippen LogP contribution in [0, 0.1) is 5.92 Å². The lowest BCUT2D eigenvalue weighted by Gasteiger charge is -2.34. The minimum atomic E-state index is -2.47. The summed E-state index contributed by atoms with van der Waals surface area (Å²) < 4.78 is 23.3. The minimum Gasteiger partial charge on any atom is -0.508 e. The Kier molecular flexibility index (Phi) is 13.4. The van der Waals surface area contributed by atoms with Crippen molar-refractivity contribution in [1.82, 2.24) is 14.9 Å². The van der Waals surface area contributed by atoms with Gasteiger partial charge in [-0.25, -0.2) is 14.6 Å². The fraction of sp³-hybridized carbons (Fsp3) is 0.405. The third-order valence-corrected chi connectivity index (χ3v) is 11.2. The number of nitrogens with zero attached hydrogens (tertiary/aromatic N) is 2. The number of amides is 2. The monoisotopic (exact) mass is 829 g/mol. The number of ether oxygens (including phenoxy) is 4. The third-order valence-electron chi connectivity index (χ3n) is 10.3. The average Bonchev–Trinajstić information content (AvgIpc) is 3.58. The molecule has 2 aromatic heterocycles. The van der Waals surface area contributed by atoms with E-state index in [4.69, 9.17) is 29.7 Å². The summed E-state index contributed by atoms with van der Waals surface area (Å²) in [5, 5.41) is 16.5. The Morgan fingerprint density at radius 2 is 1.81 bits per heavy atom. The first-order chi connectivity index (χ1) is 28.3. The number of fused-ring (bicyclic) bond motifs is 5. The molecule has 17 heteroatoms. The lowest BCUT2D eigenvalue weighted by atomic mass is 9.95. The molecule has 4 heterocycles. The molecular weight excluding hydrogens is 783 g/mol. The van der Waals surface area contributed by atoms with Crippen LogP contribution in [0.2, 0.25) is 0 Å². The number of benzene rings is 2. The van der Waals surface area contributed by atoms with Crippen LogP contribution in [0.1, 0.15) is 67.9 Å². The molecule has 0 radical (unpaired) electrons. The zero-order chi connectivity index (χ0) is 42.4. The number of cyclic esters (lactones) is 1. The molecule has 0 unspecified atom stereocenters. The van der Waals surface area contributed by atoms with Crippen molar-refractivity contribution in [3.63, 3.8) is 0 Å². The number of nitrogens with two attached hydrogens (primary N) is 1. The van der Waals surface area contributed by atoms with E-state index in [1.54, 1.807) is 56.3 Å². The molecule has 2 aliphatic rings. The SMILES string of the molecule is CCc1c2c(nc3ccc(O)cc13)-c1cc3c(c(=O)n1C2)COC(=O)[C@@]3(OC)OC(=O)OCc1ccc(NC(=O)[C@H](CCCCN)NC(=O)CSCC(=O)C(C)C)cc1. The first-order valence-corrected chi connectivity index (χ1v) is 20.4. The van der Waals surface area contributed by atoms with E-state index in [9.17, 15) is 33.9 Å². The number of hydrogen-bond donors (Lipinski definition) is 4. The molecule has 5 N–H and O–H groups in total. The number of aromatic nitrogens is 2. The van der Waals surface area contributed by atoms with Crippen LogP contribution in [0.25, 0.3) is 22.3 Å². The third kappa shape index (κ3) is 9.11. The molecule has 0 saturated heterocycles. The minimum absolute atomic E-state index is 0.0134. The number of hydrogen-bond acceptors (Lipinski definition) is 14. The molecular formula is C42H47N5O11S. The predicted molar refractivity (Wildman–Crippen MR) is 218 cm³/mol. The van der Waals surface area contributed by atoms with Crippen LogP contribution in [0.5, 0.6) is 5.75 Å². The van der Waals surface area contributed by atoms with E-state index in [2.05, 4.69) is 10.6 Å². The van der Waals surface area contributed by atoms with Crippen LogP contribution >= 0.6 is 11.8 Å². The molecule has 59 heavy (non-hydrogen) atoms. The van der Waals surface area contributed by atoms with Crippen molar-refractivity contribution in [1.29, 1.82) is 0 Å². The van der Waals surface area contributed by atoms with Gasteiger partial charge in [0.1, 0.15) is 30.8 Å². The van der Waals surface area contributed by atoms with E-state index in [0.717, 1.165) is 23.6 Å². The Morgan fingerprint density at radius 1 is 1.05 bits per heavy atom. The highest BCUT2D eigenvalue weighted by Crippen LogP contribution is 2.41. The van der Waals surface area contributed by atoms with Gasteiger partial charge in [-0.05, 0) is 79.8 Å². The number of phenolic OH excluding ortho intramolecular Hbond substituents is 1. The van der Waals surface area contributed by atoms with Crippen LogP contribution < -0.4 is 21.9 Å². The van der Waals surface area contributed by atoms with Gasteiger partial charge in [0.25, 0.3) is 5.56 Å². The van der Waals surface area contributed by atoms with E-state index in [1.807, 2.05) is 6.92 Å². The smallest absolute Gasteiger partial charge is 0.508 e. The molecule has 0 spiro atoms. The van der Waals surface area contributed by atoms with E-state index >= 15 is 0 Å². The Morgan fingerprint density at radius 3 is 2.51 bits per heavy atom. The Bertz CT molecular complexity index is 2350. The summed E-state index contributed by atoms with van der Waals surface area (Å²) in [6, 6.07) is 12.0. The highest BCUT2D eigenvalue weighted by atomic mass is 32.2. The summed E-state index contributed by atoms with van der Waals surface area (Å²) in [6.07, 6.45) is 0.968. The molecule has 0 saturated carbocycles. The normalized spacial score (nSPS) is 15.8. The number of rotatable bonds is 17. The number of carbonyl (C=O) groups is 5. The zero-order valence-corrected chi connectivity index (χ0v) is 34.1. The van der Waals surface area contributed by atoms with E-state index in [-0.39, 0.29) is 65.7 Å². The lowest BCUT2D eigenvalue weighted by molar-refractivity contribution is -0.237. The van der Waals surface area contributed by atoms with E-state index < -0.39 is 35.4 Å². The van der Waals surface area contributed by atoms with E-state index in [1.165, 1.54) is 22.4 Å². The van der Waals surface area contributed by atoms with Gasteiger partial charge < -0.3 is 45.0 Å². The number of pyridine rings is 2. The van der Waals surface area contributed by atoms with Crippen molar-refractivity contribution in [3.8, 4) is 17.1 Å². The second-order valence-corrected chi connectivity index (χ2v) is 15.5. The summed E-state index contributed by atoms with van der Waals surface area (Å²) in [5.74, 6) is -4.07. The fourth-order valence-corrected chi connectivity index (χ4v) is 7.97. The maximum absolute atomic E-state index is 14.0. The van der Waals surface area contributed by atoms with Crippen LogP contribution in [0.4, 0.5) is 10.5 Å². The van der Waals surface area contributed by atoms with Crippen LogP contribution in [0.3, 0.4) is 0 Å². The van der Waals surface area contributed by atoms with Crippen LogP contribution in [0.15, 0.2) is 53.3 Å². The molecule has 2 amide bonds. The fourth-order valence-electron chi connectivity index (χ4n) is 7.06. The van der Waals surface area contributed by atoms with E-state index in [0.29, 0.717) is 60.4 Å². The van der Waals surface area contributed by atoms with Crippen LogP contribution in [-0.2, 0) is 70.1 Å². The second-order valence-electron chi connectivity index (χ2n) is 14.5. The molecule has 0 fully saturated rings. The number of anilines is 1. The number of Topliss-reactive ketones (excluding diaryl/α,β-unsaturated/α-hetero) is 1. The molecule has 0 bridgehead atoms. The van der Waals surface area contributed by atoms with Gasteiger partial charge in [0.2, 0.25) is 11.8 Å². The number of thioether (sulfide) groups is 1. The van der Waals surface area contributed by atoms with Crippen LogP contribution in [-0.4, -0.2) is 75.6 Å². The number of ketones is 1. The molecule has 6 rings (SSSR count). The largest absolute Gasteiger partial charge is 0.511 e.